The number of nitrogens with one attached hydrogen (secondary N) is 1. The number of carbonyl (C=O) groups is 2. The fourth-order valence-electron chi connectivity index (χ4n) is 5.22. The van der Waals surface area contributed by atoms with E-state index in [1.807, 2.05) is 23.0 Å². The minimum atomic E-state index is -1.08. The van der Waals surface area contributed by atoms with Crippen molar-refractivity contribution in [3.8, 4) is 11.8 Å². The Bertz CT molecular complexity index is 1070. The highest BCUT2D eigenvalue weighted by Crippen LogP contribution is 2.37. The summed E-state index contributed by atoms with van der Waals surface area (Å²) in [7, 11) is 0. The molecule has 0 aliphatic carbocycles. The predicted molar refractivity (Wildman–Crippen MR) is 127 cm³/mol. The van der Waals surface area contributed by atoms with Gasteiger partial charge in [-0.05, 0) is 75.9 Å². The Morgan fingerprint density at radius 3 is 2.74 bits per heavy atom. The molecule has 0 spiro atoms. The van der Waals surface area contributed by atoms with Crippen LogP contribution in [-0.2, 0) is 17.8 Å². The van der Waals surface area contributed by atoms with E-state index < -0.39 is 11.6 Å². The zero-order valence-electron chi connectivity index (χ0n) is 19.8. The second-order valence-corrected chi connectivity index (χ2v) is 9.24. The molecule has 0 saturated carbocycles. The Balaban J connectivity index is 1.49. The van der Waals surface area contributed by atoms with Crippen molar-refractivity contribution in [2.45, 2.75) is 57.7 Å². The van der Waals surface area contributed by atoms with E-state index in [2.05, 4.69) is 34.1 Å². The van der Waals surface area contributed by atoms with Gasteiger partial charge in [0, 0.05) is 31.4 Å². The molecule has 1 aromatic carbocycles. The first-order valence-corrected chi connectivity index (χ1v) is 11.9. The number of rotatable bonds is 8. The van der Waals surface area contributed by atoms with Crippen LogP contribution in [0.25, 0.3) is 0 Å². The molecule has 7 nitrogen and oxygen atoms in total. The van der Waals surface area contributed by atoms with E-state index in [0.29, 0.717) is 11.6 Å². The van der Waals surface area contributed by atoms with Gasteiger partial charge in [-0.2, -0.15) is 5.10 Å². The van der Waals surface area contributed by atoms with Crippen LogP contribution in [0.5, 0.6) is 0 Å². The molecular formula is C26H32FN5O2. The Labute approximate surface area is 200 Å². The molecule has 0 bridgehead atoms. The number of hydrogen-bond acceptors (Lipinski definition) is 4. The number of amides is 3. The first-order valence-electron chi connectivity index (χ1n) is 11.9. The summed E-state index contributed by atoms with van der Waals surface area (Å²) in [6, 6.07) is 8.18. The molecule has 0 radical (unpaired) electrons. The topological polar surface area (TPSA) is 70.5 Å². The number of piperidine rings is 1. The van der Waals surface area contributed by atoms with Gasteiger partial charge in [0.05, 0.1) is 6.54 Å². The fourth-order valence-corrected chi connectivity index (χ4v) is 5.22. The maximum absolute atomic E-state index is 13.9. The average molecular weight is 466 g/mol. The van der Waals surface area contributed by atoms with Crippen LogP contribution in [0, 0.1) is 23.6 Å². The number of benzene rings is 1. The van der Waals surface area contributed by atoms with E-state index in [9.17, 15) is 14.0 Å². The summed E-state index contributed by atoms with van der Waals surface area (Å²) in [6.07, 6.45) is 6.57. The lowest BCUT2D eigenvalue weighted by atomic mass is 9.73. The number of carbonyl (C=O) groups excluding carboxylic acids is 2. The molecule has 2 saturated heterocycles. The lowest BCUT2D eigenvalue weighted by molar-refractivity contribution is -0.133. The molecule has 2 aliphatic heterocycles. The van der Waals surface area contributed by atoms with E-state index in [0.717, 1.165) is 38.9 Å². The Kier molecular flexibility index (Phi) is 7.32. The second-order valence-electron chi connectivity index (χ2n) is 9.24. The summed E-state index contributed by atoms with van der Waals surface area (Å²) in [5.41, 5.74) is -0.378. The number of likely N-dealkylation sites (tertiary alicyclic amines) is 1. The van der Waals surface area contributed by atoms with Crippen molar-refractivity contribution in [1.82, 2.24) is 24.9 Å². The molecule has 2 fully saturated rings. The molecule has 0 unspecified atom stereocenters. The number of aromatic nitrogens is 2. The van der Waals surface area contributed by atoms with Crippen molar-refractivity contribution in [3.05, 3.63) is 54.1 Å². The molecule has 1 N–H and O–H groups in total. The molecule has 34 heavy (non-hydrogen) atoms. The van der Waals surface area contributed by atoms with Gasteiger partial charge < -0.3 is 10.2 Å². The maximum atomic E-state index is 13.9. The van der Waals surface area contributed by atoms with Gasteiger partial charge in [-0.25, -0.2) is 9.18 Å². The third kappa shape index (κ3) is 5.00. The van der Waals surface area contributed by atoms with Crippen LogP contribution >= 0.6 is 0 Å². The van der Waals surface area contributed by atoms with Gasteiger partial charge in [-0.15, -0.1) is 5.92 Å². The van der Waals surface area contributed by atoms with Crippen LogP contribution in [-0.4, -0.2) is 62.7 Å². The second kappa shape index (κ2) is 10.4. The highest BCUT2D eigenvalue weighted by atomic mass is 19.1. The van der Waals surface area contributed by atoms with Crippen molar-refractivity contribution in [1.29, 1.82) is 0 Å². The van der Waals surface area contributed by atoms with E-state index in [-0.39, 0.29) is 30.6 Å². The van der Waals surface area contributed by atoms with Crippen LogP contribution in [0.15, 0.2) is 42.7 Å². The van der Waals surface area contributed by atoms with Crippen molar-refractivity contribution in [2.75, 3.05) is 19.6 Å². The lowest BCUT2D eigenvalue weighted by Crippen LogP contribution is -2.58. The van der Waals surface area contributed by atoms with Crippen molar-refractivity contribution < 1.29 is 14.0 Å². The van der Waals surface area contributed by atoms with Crippen molar-refractivity contribution >= 4 is 11.9 Å². The Hall–Kier alpha value is -3.18. The Morgan fingerprint density at radius 2 is 2.06 bits per heavy atom. The number of urea groups is 1. The number of imide groups is 1. The van der Waals surface area contributed by atoms with Gasteiger partial charge in [-0.1, -0.05) is 18.1 Å². The van der Waals surface area contributed by atoms with Crippen molar-refractivity contribution in [3.63, 3.8) is 0 Å². The minimum absolute atomic E-state index is 0.0404. The SMILES string of the molecule is CC#CCN1C(=O)N[C@](Cc2cccc(F)c2)(C2CCN([C@H](C)CCn3cccn3)CC2)C1=O. The first kappa shape index (κ1) is 24.0. The van der Waals surface area contributed by atoms with Crippen LogP contribution in [0.1, 0.15) is 38.7 Å². The Morgan fingerprint density at radius 1 is 1.26 bits per heavy atom. The number of halogens is 1. The molecule has 3 heterocycles. The molecule has 2 aliphatic rings. The normalized spacial score (nSPS) is 22.4. The van der Waals surface area contributed by atoms with Crippen molar-refractivity contribution in [2.24, 2.45) is 5.92 Å². The molecule has 8 heteroatoms. The molecule has 2 aromatic rings. The van der Waals surface area contributed by atoms with Crippen LogP contribution in [0.3, 0.4) is 0 Å². The molecule has 180 valence electrons. The summed E-state index contributed by atoms with van der Waals surface area (Å²) >= 11 is 0. The predicted octanol–water partition coefficient (Wildman–Crippen LogP) is 3.07. The third-order valence-electron chi connectivity index (χ3n) is 7.17. The first-order chi connectivity index (χ1) is 16.4. The average Bonchev–Trinajstić information content (AvgIpc) is 3.43. The summed E-state index contributed by atoms with van der Waals surface area (Å²) < 4.78 is 15.9. The molecule has 2 atom stereocenters. The van der Waals surface area contributed by atoms with Gasteiger partial charge in [-0.3, -0.25) is 14.4 Å². The van der Waals surface area contributed by atoms with E-state index in [4.69, 9.17) is 0 Å². The van der Waals surface area contributed by atoms with Gasteiger partial charge in [0.25, 0.3) is 5.91 Å². The van der Waals surface area contributed by atoms with Crippen LogP contribution in [0.4, 0.5) is 9.18 Å². The van der Waals surface area contributed by atoms with Gasteiger partial charge in [0.1, 0.15) is 11.4 Å². The highest BCUT2D eigenvalue weighted by Gasteiger charge is 2.55. The van der Waals surface area contributed by atoms with Gasteiger partial charge >= 0.3 is 6.03 Å². The molecule has 1 aromatic heterocycles. The van der Waals surface area contributed by atoms with Gasteiger partial charge in [0.2, 0.25) is 0 Å². The molecule has 4 rings (SSSR count). The monoisotopic (exact) mass is 465 g/mol. The van der Waals surface area contributed by atoms with Crippen LogP contribution < -0.4 is 5.32 Å². The van der Waals surface area contributed by atoms with E-state index in [1.165, 1.54) is 17.0 Å². The zero-order valence-corrected chi connectivity index (χ0v) is 19.8. The zero-order chi connectivity index (χ0) is 24.1. The summed E-state index contributed by atoms with van der Waals surface area (Å²) in [6.45, 7) is 6.51. The van der Waals surface area contributed by atoms with Crippen LogP contribution in [0.2, 0.25) is 0 Å². The number of nitrogens with zero attached hydrogens (tertiary/aromatic N) is 4. The standard InChI is InChI=1S/C26H32FN5O2/c1-3-4-14-32-24(33)26(29-25(32)34,19-21-7-5-8-23(27)18-21)22-10-15-30(16-11-22)20(2)9-17-31-13-6-12-28-31/h5-8,12-13,18,20,22H,9-11,14-17,19H2,1-2H3,(H,29,34)/t20-,26-/m1/s1. The van der Waals surface area contributed by atoms with E-state index in [1.54, 1.807) is 19.2 Å². The smallest absolute Gasteiger partial charge is 0.322 e. The summed E-state index contributed by atoms with van der Waals surface area (Å²) in [4.78, 5) is 30.1. The minimum Gasteiger partial charge on any atom is -0.322 e. The van der Waals surface area contributed by atoms with Gasteiger partial charge in [0.15, 0.2) is 0 Å². The largest absolute Gasteiger partial charge is 0.325 e. The number of hydrogen-bond donors (Lipinski definition) is 1. The quantitative estimate of drug-likeness (QED) is 0.481. The molecule has 3 amide bonds. The molecular weight excluding hydrogens is 433 g/mol. The summed E-state index contributed by atoms with van der Waals surface area (Å²) in [5.74, 6) is 4.94. The fraction of sp³-hybridized carbons (Fsp3) is 0.500. The highest BCUT2D eigenvalue weighted by molar-refractivity contribution is 6.07. The lowest BCUT2D eigenvalue weighted by Gasteiger charge is -2.42. The van der Waals surface area contributed by atoms with E-state index >= 15 is 0 Å². The maximum Gasteiger partial charge on any atom is 0.325 e. The number of aryl methyl sites for hydroxylation is 1. The third-order valence-corrected chi connectivity index (χ3v) is 7.17. The summed E-state index contributed by atoms with van der Waals surface area (Å²) in [5, 5.41) is 7.29.